The average Bonchev–Trinajstić information content (AvgIpc) is 2.75. The standard InChI is InChI=1S/C16H19N2O2S/c1-10(2)13-7-5-6-8-14(13)20-9-15(19)18-16-17-11(3)12(4)21-16/h5-8,10H,9H2,1-4H3. The minimum Gasteiger partial charge on any atom is -0.483 e. The van der Waals surface area contributed by atoms with E-state index in [2.05, 4.69) is 24.1 Å². The van der Waals surface area contributed by atoms with Crippen molar-refractivity contribution < 1.29 is 9.53 Å². The van der Waals surface area contributed by atoms with E-state index in [1.165, 1.54) is 11.3 Å². The van der Waals surface area contributed by atoms with Gasteiger partial charge in [0.1, 0.15) is 5.75 Å². The van der Waals surface area contributed by atoms with Crippen LogP contribution in [0, 0.1) is 13.8 Å². The maximum Gasteiger partial charge on any atom is 0.286 e. The normalized spacial score (nSPS) is 10.7. The number of benzene rings is 1. The molecule has 0 bridgehead atoms. The highest BCUT2D eigenvalue weighted by Crippen LogP contribution is 2.26. The second-order valence-electron chi connectivity index (χ2n) is 5.12. The second kappa shape index (κ2) is 6.72. The molecule has 0 aliphatic heterocycles. The number of para-hydroxylation sites is 1. The molecule has 21 heavy (non-hydrogen) atoms. The lowest BCUT2D eigenvalue weighted by Gasteiger charge is -2.12. The van der Waals surface area contributed by atoms with Gasteiger partial charge in [-0.25, -0.2) is 4.98 Å². The summed E-state index contributed by atoms with van der Waals surface area (Å²) in [7, 11) is 0. The summed E-state index contributed by atoms with van der Waals surface area (Å²) in [5, 5.41) is 4.47. The van der Waals surface area contributed by atoms with Crippen LogP contribution in [0.3, 0.4) is 0 Å². The Morgan fingerprint density at radius 2 is 2.05 bits per heavy atom. The third-order valence-corrected chi connectivity index (χ3v) is 4.10. The average molecular weight is 303 g/mol. The molecule has 0 unspecified atom stereocenters. The molecule has 0 aliphatic carbocycles. The molecule has 2 rings (SSSR count). The smallest absolute Gasteiger partial charge is 0.286 e. The molecule has 0 N–H and O–H groups in total. The first kappa shape index (κ1) is 15.5. The summed E-state index contributed by atoms with van der Waals surface area (Å²) in [6.45, 7) is 7.99. The molecule has 1 amide bonds. The number of ether oxygens (including phenoxy) is 1. The van der Waals surface area contributed by atoms with Gasteiger partial charge in [-0.2, -0.15) is 5.32 Å². The fraction of sp³-hybridized carbons (Fsp3) is 0.375. The van der Waals surface area contributed by atoms with Crippen molar-refractivity contribution in [3.8, 4) is 5.75 Å². The van der Waals surface area contributed by atoms with E-state index in [4.69, 9.17) is 4.74 Å². The Labute approximate surface area is 129 Å². The lowest BCUT2D eigenvalue weighted by Crippen LogP contribution is -2.19. The summed E-state index contributed by atoms with van der Waals surface area (Å²) < 4.78 is 5.60. The van der Waals surface area contributed by atoms with E-state index in [0.717, 1.165) is 21.9 Å². The van der Waals surface area contributed by atoms with Crippen molar-refractivity contribution in [2.45, 2.75) is 33.6 Å². The Balaban J connectivity index is 1.95. The van der Waals surface area contributed by atoms with Crippen LogP contribution in [0.15, 0.2) is 24.3 Å². The van der Waals surface area contributed by atoms with Gasteiger partial charge < -0.3 is 4.74 Å². The molecular weight excluding hydrogens is 284 g/mol. The number of carbonyl (C=O) groups excluding carboxylic acids is 1. The van der Waals surface area contributed by atoms with Gasteiger partial charge in [-0.05, 0) is 31.4 Å². The first-order valence-corrected chi connectivity index (χ1v) is 7.69. The highest BCUT2D eigenvalue weighted by Gasteiger charge is 2.13. The number of aromatic nitrogens is 1. The fourth-order valence-corrected chi connectivity index (χ4v) is 2.67. The highest BCUT2D eigenvalue weighted by atomic mass is 32.1. The lowest BCUT2D eigenvalue weighted by molar-refractivity contribution is -0.122. The number of carbonyl (C=O) groups is 1. The number of hydrogen-bond acceptors (Lipinski definition) is 4. The van der Waals surface area contributed by atoms with Gasteiger partial charge in [0.05, 0.1) is 5.69 Å². The van der Waals surface area contributed by atoms with E-state index in [0.29, 0.717) is 11.0 Å². The predicted octanol–water partition coefficient (Wildman–Crippen LogP) is 3.72. The summed E-state index contributed by atoms with van der Waals surface area (Å²) in [5.74, 6) is 0.766. The quantitative estimate of drug-likeness (QED) is 0.845. The topological polar surface area (TPSA) is 53.3 Å². The Bertz CT molecular complexity index is 615. The zero-order chi connectivity index (χ0) is 15.4. The van der Waals surface area contributed by atoms with E-state index in [-0.39, 0.29) is 12.5 Å². The number of aryl methyl sites for hydroxylation is 2. The van der Waals surface area contributed by atoms with Gasteiger partial charge in [0, 0.05) is 4.88 Å². The van der Waals surface area contributed by atoms with Gasteiger partial charge in [0.25, 0.3) is 5.91 Å². The largest absolute Gasteiger partial charge is 0.483 e. The number of nitrogens with zero attached hydrogens (tertiary/aromatic N) is 2. The van der Waals surface area contributed by atoms with Crippen molar-refractivity contribution in [2.24, 2.45) is 0 Å². The van der Waals surface area contributed by atoms with Crippen LogP contribution in [0.1, 0.15) is 35.9 Å². The van der Waals surface area contributed by atoms with E-state index < -0.39 is 0 Å². The zero-order valence-corrected chi connectivity index (χ0v) is 13.5. The highest BCUT2D eigenvalue weighted by molar-refractivity contribution is 7.15. The molecule has 0 atom stereocenters. The lowest BCUT2D eigenvalue weighted by atomic mass is 10.0. The molecule has 1 heterocycles. The molecule has 0 spiro atoms. The Hall–Kier alpha value is -1.88. The second-order valence-corrected chi connectivity index (χ2v) is 6.31. The molecule has 1 aromatic heterocycles. The maximum atomic E-state index is 11.9. The van der Waals surface area contributed by atoms with E-state index in [1.54, 1.807) is 0 Å². The van der Waals surface area contributed by atoms with Crippen molar-refractivity contribution in [2.75, 3.05) is 6.61 Å². The minimum atomic E-state index is -0.317. The van der Waals surface area contributed by atoms with Crippen LogP contribution in [0.5, 0.6) is 5.75 Å². The maximum absolute atomic E-state index is 11.9. The first-order valence-electron chi connectivity index (χ1n) is 6.87. The molecule has 111 valence electrons. The molecule has 0 saturated carbocycles. The Morgan fingerprint density at radius 3 is 2.67 bits per heavy atom. The number of thiazole rings is 1. The molecule has 2 aromatic rings. The van der Waals surface area contributed by atoms with Crippen molar-refractivity contribution in [3.63, 3.8) is 0 Å². The predicted molar refractivity (Wildman–Crippen MR) is 84.4 cm³/mol. The van der Waals surface area contributed by atoms with Crippen LogP contribution in [0.25, 0.3) is 0 Å². The monoisotopic (exact) mass is 303 g/mol. The van der Waals surface area contributed by atoms with Crippen LogP contribution in [0.2, 0.25) is 0 Å². The van der Waals surface area contributed by atoms with Gasteiger partial charge in [-0.3, -0.25) is 4.79 Å². The van der Waals surface area contributed by atoms with Gasteiger partial charge in [0.2, 0.25) is 5.13 Å². The minimum absolute atomic E-state index is 0.0680. The number of amides is 1. The molecule has 1 aromatic carbocycles. The first-order chi connectivity index (χ1) is 9.97. The SMILES string of the molecule is Cc1nc([N]C(=O)COc2ccccc2C(C)C)sc1C. The van der Waals surface area contributed by atoms with Crippen molar-refractivity contribution in [1.82, 2.24) is 10.3 Å². The van der Waals surface area contributed by atoms with Crippen LogP contribution >= 0.6 is 11.3 Å². The van der Waals surface area contributed by atoms with Crippen LogP contribution in [-0.4, -0.2) is 17.5 Å². The molecule has 1 radical (unpaired) electrons. The molecule has 5 heteroatoms. The summed E-state index contributed by atoms with van der Waals surface area (Å²) >= 11 is 1.42. The molecule has 0 saturated heterocycles. The summed E-state index contributed by atoms with van der Waals surface area (Å²) in [6.07, 6.45) is 0. The Morgan fingerprint density at radius 1 is 1.33 bits per heavy atom. The molecule has 0 fully saturated rings. The van der Waals surface area contributed by atoms with E-state index in [1.807, 2.05) is 38.1 Å². The van der Waals surface area contributed by atoms with Gasteiger partial charge in [-0.1, -0.05) is 43.4 Å². The number of hydrogen-bond donors (Lipinski definition) is 0. The zero-order valence-electron chi connectivity index (χ0n) is 12.7. The fourth-order valence-electron chi connectivity index (χ4n) is 1.87. The van der Waals surface area contributed by atoms with Crippen molar-refractivity contribution in [3.05, 3.63) is 40.4 Å². The van der Waals surface area contributed by atoms with Crippen molar-refractivity contribution in [1.29, 1.82) is 0 Å². The van der Waals surface area contributed by atoms with Gasteiger partial charge in [-0.15, -0.1) is 0 Å². The van der Waals surface area contributed by atoms with E-state index in [9.17, 15) is 4.79 Å². The number of rotatable bonds is 5. The molecule has 0 aliphatic rings. The van der Waals surface area contributed by atoms with Crippen molar-refractivity contribution >= 4 is 22.4 Å². The summed E-state index contributed by atoms with van der Waals surface area (Å²) in [5.41, 5.74) is 2.00. The Kier molecular flexibility index (Phi) is 4.96. The molecule has 4 nitrogen and oxygen atoms in total. The molecular formula is C16H19N2O2S. The summed E-state index contributed by atoms with van der Waals surface area (Å²) in [4.78, 5) is 17.2. The third-order valence-electron chi connectivity index (χ3n) is 3.13. The third kappa shape index (κ3) is 4.04. The van der Waals surface area contributed by atoms with Gasteiger partial charge >= 0.3 is 0 Å². The summed E-state index contributed by atoms with van der Waals surface area (Å²) in [6, 6.07) is 7.75. The van der Waals surface area contributed by atoms with Crippen LogP contribution in [0.4, 0.5) is 5.13 Å². The van der Waals surface area contributed by atoms with Crippen LogP contribution in [-0.2, 0) is 4.79 Å². The van der Waals surface area contributed by atoms with Gasteiger partial charge in [0.15, 0.2) is 6.61 Å². The van der Waals surface area contributed by atoms with Crippen LogP contribution < -0.4 is 10.1 Å². The van der Waals surface area contributed by atoms with E-state index >= 15 is 0 Å².